The Kier molecular flexibility index (Phi) is 10.7. The number of amides is 1. The molecule has 1 amide bonds. The van der Waals surface area contributed by atoms with Crippen molar-refractivity contribution in [3.8, 4) is 11.8 Å². The topological polar surface area (TPSA) is 66.8 Å². The van der Waals surface area contributed by atoms with E-state index >= 15 is 0 Å². The number of ether oxygens (including phenoxy) is 1. The molecule has 5 heteroatoms. The van der Waals surface area contributed by atoms with E-state index in [-0.39, 0.29) is 23.8 Å². The second-order valence-electron chi connectivity index (χ2n) is 6.92. The third-order valence-corrected chi connectivity index (χ3v) is 4.85. The molecule has 0 aromatic heterocycles. The van der Waals surface area contributed by atoms with Crippen molar-refractivity contribution in [3.63, 3.8) is 0 Å². The minimum absolute atomic E-state index is 0.0803. The molecule has 0 aliphatic carbocycles. The van der Waals surface area contributed by atoms with Crippen LogP contribution in [0, 0.1) is 17.8 Å². The maximum atomic E-state index is 12.1. The summed E-state index contributed by atoms with van der Waals surface area (Å²) in [5.41, 5.74) is 0. The number of rotatable bonds is 11. The van der Waals surface area contributed by atoms with Gasteiger partial charge in [0.05, 0.1) is 19.3 Å². The zero-order valence-corrected chi connectivity index (χ0v) is 16.4. The van der Waals surface area contributed by atoms with Crippen LogP contribution in [0.25, 0.3) is 0 Å². The molecular weight excluding hydrogens is 330 g/mol. The Bertz CT molecular complexity index is 532. The van der Waals surface area contributed by atoms with Crippen molar-refractivity contribution in [1.29, 1.82) is 0 Å². The number of aliphatic hydroxyl groups is 1. The number of aliphatic hydroxyl groups excluding tert-OH is 1. The van der Waals surface area contributed by atoms with Crippen molar-refractivity contribution in [2.45, 2.75) is 77.4 Å². The minimum Gasteiger partial charge on any atom is -0.469 e. The number of nitrogens with zero attached hydrogens (tertiary/aromatic N) is 1. The molecule has 1 unspecified atom stereocenters. The number of likely N-dealkylation sites (tertiary alicyclic amines) is 1. The molecule has 1 aliphatic heterocycles. The van der Waals surface area contributed by atoms with E-state index in [1.807, 2.05) is 24.0 Å². The molecule has 0 saturated carbocycles. The van der Waals surface area contributed by atoms with E-state index in [0.29, 0.717) is 19.3 Å². The van der Waals surface area contributed by atoms with E-state index < -0.39 is 6.10 Å². The third kappa shape index (κ3) is 8.05. The van der Waals surface area contributed by atoms with Gasteiger partial charge in [0, 0.05) is 25.8 Å². The first-order chi connectivity index (χ1) is 12.5. The fraction of sp³-hybridized carbons (Fsp3) is 0.714. The molecule has 0 spiro atoms. The molecule has 0 bridgehead atoms. The second-order valence-corrected chi connectivity index (χ2v) is 6.92. The Morgan fingerprint density at radius 1 is 1.38 bits per heavy atom. The average Bonchev–Trinajstić information content (AvgIpc) is 2.99. The molecule has 0 radical (unpaired) electrons. The highest BCUT2D eigenvalue weighted by molar-refractivity contribution is 5.79. The van der Waals surface area contributed by atoms with Gasteiger partial charge in [-0.15, -0.1) is 11.8 Å². The van der Waals surface area contributed by atoms with Crippen LogP contribution in [0.4, 0.5) is 0 Å². The summed E-state index contributed by atoms with van der Waals surface area (Å²) >= 11 is 0. The van der Waals surface area contributed by atoms with Crippen molar-refractivity contribution in [1.82, 2.24) is 4.90 Å². The predicted molar refractivity (Wildman–Crippen MR) is 102 cm³/mol. The molecule has 0 aromatic rings. The largest absolute Gasteiger partial charge is 0.469 e. The van der Waals surface area contributed by atoms with Crippen molar-refractivity contribution < 1.29 is 19.4 Å². The lowest BCUT2D eigenvalue weighted by atomic mass is 10.00. The van der Waals surface area contributed by atoms with Crippen LogP contribution < -0.4 is 0 Å². The van der Waals surface area contributed by atoms with Gasteiger partial charge in [-0.3, -0.25) is 9.59 Å². The molecule has 1 fully saturated rings. The third-order valence-electron chi connectivity index (χ3n) is 4.85. The number of hydrogen-bond acceptors (Lipinski definition) is 4. The number of hydrogen-bond donors (Lipinski definition) is 1. The van der Waals surface area contributed by atoms with Crippen LogP contribution in [0.15, 0.2) is 12.2 Å². The molecule has 1 N–H and O–H groups in total. The summed E-state index contributed by atoms with van der Waals surface area (Å²) in [6, 6.07) is 0.0803. The molecule has 26 heavy (non-hydrogen) atoms. The predicted octanol–water partition coefficient (Wildman–Crippen LogP) is 3.07. The monoisotopic (exact) mass is 363 g/mol. The van der Waals surface area contributed by atoms with Crippen LogP contribution in [-0.4, -0.2) is 47.7 Å². The smallest absolute Gasteiger partial charge is 0.305 e. The van der Waals surface area contributed by atoms with Crippen molar-refractivity contribution in [2.24, 2.45) is 5.92 Å². The molecule has 1 rings (SSSR count). The molecule has 1 aliphatic rings. The molecular formula is C21H33NO4. The summed E-state index contributed by atoms with van der Waals surface area (Å²) in [6.45, 7) is 4.51. The first-order valence-corrected chi connectivity index (χ1v) is 9.61. The van der Waals surface area contributed by atoms with Crippen LogP contribution in [0.2, 0.25) is 0 Å². The van der Waals surface area contributed by atoms with Gasteiger partial charge in [0.15, 0.2) is 0 Å². The van der Waals surface area contributed by atoms with Gasteiger partial charge in [-0.05, 0) is 32.1 Å². The zero-order valence-electron chi connectivity index (χ0n) is 16.4. The quantitative estimate of drug-likeness (QED) is 0.265. The van der Waals surface area contributed by atoms with Gasteiger partial charge in [-0.2, -0.15) is 0 Å². The van der Waals surface area contributed by atoms with E-state index in [0.717, 1.165) is 38.6 Å². The van der Waals surface area contributed by atoms with E-state index in [9.17, 15) is 14.7 Å². The fourth-order valence-corrected chi connectivity index (χ4v) is 3.07. The molecule has 146 valence electrons. The first kappa shape index (κ1) is 22.2. The van der Waals surface area contributed by atoms with Gasteiger partial charge in [-0.25, -0.2) is 0 Å². The lowest BCUT2D eigenvalue weighted by molar-refractivity contribution is -0.140. The van der Waals surface area contributed by atoms with Crippen molar-refractivity contribution in [3.05, 3.63) is 12.2 Å². The van der Waals surface area contributed by atoms with Gasteiger partial charge in [0.25, 0.3) is 0 Å². The SMILES string of the molecule is CC#CC[C@H](C)[C@H](O)/C=C/C1CCC(=O)N1CCCCCCC(=O)OC. The zero-order chi connectivity index (χ0) is 19.4. The maximum Gasteiger partial charge on any atom is 0.305 e. The Balaban J connectivity index is 2.36. The van der Waals surface area contributed by atoms with Gasteiger partial charge in [-0.1, -0.05) is 31.9 Å². The lowest BCUT2D eigenvalue weighted by Crippen LogP contribution is -2.33. The Labute approximate surface area is 157 Å². The summed E-state index contributed by atoms with van der Waals surface area (Å²) in [5.74, 6) is 5.94. The molecule has 1 saturated heterocycles. The summed E-state index contributed by atoms with van der Waals surface area (Å²) in [4.78, 5) is 25.1. The summed E-state index contributed by atoms with van der Waals surface area (Å²) in [7, 11) is 1.41. The van der Waals surface area contributed by atoms with Gasteiger partial charge < -0.3 is 14.7 Å². The number of carbonyl (C=O) groups excluding carboxylic acids is 2. The van der Waals surface area contributed by atoms with Crippen LogP contribution in [0.5, 0.6) is 0 Å². The van der Waals surface area contributed by atoms with Crippen LogP contribution in [-0.2, 0) is 14.3 Å². The number of carbonyl (C=O) groups is 2. The average molecular weight is 363 g/mol. The molecule has 5 nitrogen and oxygen atoms in total. The van der Waals surface area contributed by atoms with Gasteiger partial charge in [0.2, 0.25) is 5.91 Å². The van der Waals surface area contributed by atoms with Crippen LogP contribution in [0.3, 0.4) is 0 Å². The number of methoxy groups -OCH3 is 1. The number of esters is 1. The normalized spacial score (nSPS) is 19.3. The molecule has 1 heterocycles. The highest BCUT2D eigenvalue weighted by Crippen LogP contribution is 2.21. The Hall–Kier alpha value is -1.80. The van der Waals surface area contributed by atoms with E-state index in [1.54, 1.807) is 6.92 Å². The standard InChI is InChI=1S/C21H33NO4/c1-4-5-10-17(2)19(23)14-12-18-13-15-20(24)22(18)16-9-7-6-8-11-21(25)26-3/h12,14,17-19,23H,6-11,13,15-16H2,1-3H3/b14-12+/t17-,18?,19+/m0/s1. The van der Waals surface area contributed by atoms with E-state index in [2.05, 4.69) is 16.6 Å². The minimum atomic E-state index is -0.535. The maximum absolute atomic E-state index is 12.1. The first-order valence-electron chi connectivity index (χ1n) is 9.61. The van der Waals surface area contributed by atoms with Crippen LogP contribution in [0.1, 0.15) is 65.2 Å². The Morgan fingerprint density at radius 2 is 2.12 bits per heavy atom. The summed E-state index contributed by atoms with van der Waals surface area (Å²) in [6.07, 6.45) is 9.49. The van der Waals surface area contributed by atoms with Crippen molar-refractivity contribution >= 4 is 11.9 Å². The van der Waals surface area contributed by atoms with Gasteiger partial charge >= 0.3 is 5.97 Å². The highest BCUT2D eigenvalue weighted by Gasteiger charge is 2.28. The Morgan fingerprint density at radius 3 is 2.81 bits per heavy atom. The highest BCUT2D eigenvalue weighted by atomic mass is 16.5. The summed E-state index contributed by atoms with van der Waals surface area (Å²) < 4.78 is 4.62. The lowest BCUT2D eigenvalue weighted by Gasteiger charge is -2.23. The molecule has 3 atom stereocenters. The second kappa shape index (κ2) is 12.5. The van der Waals surface area contributed by atoms with Gasteiger partial charge in [0.1, 0.15) is 0 Å². The van der Waals surface area contributed by atoms with E-state index in [1.165, 1.54) is 7.11 Å². The fourth-order valence-electron chi connectivity index (χ4n) is 3.07. The van der Waals surface area contributed by atoms with Crippen LogP contribution >= 0.6 is 0 Å². The number of unbranched alkanes of at least 4 members (excludes halogenated alkanes) is 3. The van der Waals surface area contributed by atoms with Crippen molar-refractivity contribution in [2.75, 3.05) is 13.7 Å². The summed E-state index contributed by atoms with van der Waals surface area (Å²) in [5, 5.41) is 10.2. The van der Waals surface area contributed by atoms with E-state index in [4.69, 9.17) is 0 Å². The molecule has 0 aromatic carbocycles.